The van der Waals surface area contributed by atoms with Crippen LogP contribution in [0.4, 0.5) is 0 Å². The number of likely N-dealkylation sites (tertiary alicyclic amines) is 2. The van der Waals surface area contributed by atoms with Gasteiger partial charge in [-0.1, -0.05) is 30.3 Å². The summed E-state index contributed by atoms with van der Waals surface area (Å²) in [5, 5.41) is 0. The number of benzene rings is 1. The predicted octanol–water partition coefficient (Wildman–Crippen LogP) is 2.64. The highest BCUT2D eigenvalue weighted by molar-refractivity contribution is 5.73. The van der Waals surface area contributed by atoms with Crippen molar-refractivity contribution in [3.05, 3.63) is 35.9 Å². The molecule has 1 aromatic rings. The van der Waals surface area contributed by atoms with E-state index in [-0.39, 0.29) is 5.91 Å². The summed E-state index contributed by atoms with van der Waals surface area (Å²) in [4.78, 5) is 18.8. The van der Waals surface area contributed by atoms with E-state index in [0.29, 0.717) is 12.1 Å². The van der Waals surface area contributed by atoms with Crippen molar-refractivity contribution in [2.75, 3.05) is 39.8 Å². The molecule has 4 heteroatoms. The molecule has 0 aromatic heterocycles. The number of rotatable bonds is 5. The minimum Gasteiger partial charge on any atom is -0.343 e. The molecule has 1 amide bonds. The maximum Gasteiger partial charge on any atom is 0.219 e. The molecule has 1 atom stereocenters. The van der Waals surface area contributed by atoms with Gasteiger partial charge in [-0.25, -0.2) is 0 Å². The summed E-state index contributed by atoms with van der Waals surface area (Å²) < 4.78 is 0. The van der Waals surface area contributed by atoms with Crippen molar-refractivity contribution in [2.24, 2.45) is 0 Å². The Morgan fingerprint density at radius 1 is 1.12 bits per heavy atom. The van der Waals surface area contributed by atoms with Gasteiger partial charge < -0.3 is 9.80 Å². The maximum absolute atomic E-state index is 11.5. The number of hydrogen-bond donors (Lipinski definition) is 0. The number of likely N-dealkylation sites (N-methyl/N-ethyl adjacent to an activating group) is 1. The Balaban J connectivity index is 1.46. The summed E-state index contributed by atoms with van der Waals surface area (Å²) in [6, 6.07) is 12.1. The van der Waals surface area contributed by atoms with E-state index in [1.54, 1.807) is 6.92 Å². The topological polar surface area (TPSA) is 26.8 Å². The highest BCUT2D eigenvalue weighted by Crippen LogP contribution is 2.23. The zero-order valence-corrected chi connectivity index (χ0v) is 15.9. The Morgan fingerprint density at radius 2 is 1.84 bits per heavy atom. The molecule has 0 radical (unpaired) electrons. The summed E-state index contributed by atoms with van der Waals surface area (Å²) in [7, 11) is 2.29. The van der Waals surface area contributed by atoms with Crippen LogP contribution < -0.4 is 0 Å². The van der Waals surface area contributed by atoms with Gasteiger partial charge in [-0.15, -0.1) is 0 Å². The van der Waals surface area contributed by atoms with E-state index >= 15 is 0 Å². The average molecular weight is 344 g/mol. The summed E-state index contributed by atoms with van der Waals surface area (Å²) in [6.07, 6.45) is 6.02. The van der Waals surface area contributed by atoms with Gasteiger partial charge in [0.25, 0.3) is 0 Å². The fourth-order valence-corrected chi connectivity index (χ4v) is 4.35. The van der Waals surface area contributed by atoms with E-state index in [4.69, 9.17) is 0 Å². The van der Waals surface area contributed by atoms with Gasteiger partial charge in [-0.05, 0) is 51.3 Å². The molecule has 1 aromatic carbocycles. The molecule has 0 unspecified atom stereocenters. The minimum absolute atomic E-state index is 0.232. The molecule has 0 bridgehead atoms. The molecular weight excluding hydrogens is 310 g/mol. The van der Waals surface area contributed by atoms with E-state index in [9.17, 15) is 4.79 Å². The van der Waals surface area contributed by atoms with Crippen LogP contribution in [0.25, 0.3) is 0 Å². The molecule has 0 aliphatic carbocycles. The molecular formula is C21H33N3O. The minimum atomic E-state index is 0.232. The lowest BCUT2D eigenvalue weighted by Crippen LogP contribution is -2.53. The van der Waals surface area contributed by atoms with Gasteiger partial charge in [-0.3, -0.25) is 9.69 Å². The van der Waals surface area contributed by atoms with Gasteiger partial charge in [0.2, 0.25) is 5.91 Å². The number of carbonyl (C=O) groups excluding carboxylic acids is 1. The van der Waals surface area contributed by atoms with E-state index in [0.717, 1.165) is 38.9 Å². The third-order valence-corrected chi connectivity index (χ3v) is 6.07. The Hall–Kier alpha value is -1.39. The second-order valence-corrected chi connectivity index (χ2v) is 7.74. The van der Waals surface area contributed by atoms with Crippen LogP contribution in [-0.4, -0.2) is 72.5 Å². The first kappa shape index (κ1) is 18.4. The van der Waals surface area contributed by atoms with Crippen LogP contribution in [0.2, 0.25) is 0 Å². The number of piperidine rings is 2. The van der Waals surface area contributed by atoms with Crippen LogP contribution in [0.3, 0.4) is 0 Å². The standard InChI is InChI=1S/C21H33N3O/c1-18(25)23-15-11-20(12-16-23)24-13-6-9-21(17-24)22(2)14-10-19-7-4-3-5-8-19/h3-5,7-8,20-21H,6,9-17H2,1-2H3/t21-/m0/s1. The zero-order chi connectivity index (χ0) is 17.6. The first-order valence-electron chi connectivity index (χ1n) is 9.87. The van der Waals surface area contributed by atoms with Crippen LogP contribution in [-0.2, 0) is 11.2 Å². The molecule has 138 valence electrons. The van der Waals surface area contributed by atoms with Crippen LogP contribution >= 0.6 is 0 Å². The Morgan fingerprint density at radius 3 is 2.52 bits per heavy atom. The van der Waals surface area contributed by atoms with Crippen molar-refractivity contribution in [3.8, 4) is 0 Å². The van der Waals surface area contributed by atoms with E-state index in [2.05, 4.69) is 47.2 Å². The molecule has 2 aliphatic rings. The van der Waals surface area contributed by atoms with Gasteiger partial charge in [0, 0.05) is 45.2 Å². The lowest BCUT2D eigenvalue weighted by molar-refractivity contribution is -0.130. The summed E-state index contributed by atoms with van der Waals surface area (Å²) in [6.45, 7) is 7.12. The van der Waals surface area contributed by atoms with E-state index < -0.39 is 0 Å². The number of hydrogen-bond acceptors (Lipinski definition) is 3. The first-order chi connectivity index (χ1) is 12.1. The Kier molecular flexibility index (Phi) is 6.49. The van der Waals surface area contributed by atoms with Crippen LogP contribution in [0.5, 0.6) is 0 Å². The van der Waals surface area contributed by atoms with Crippen molar-refractivity contribution in [2.45, 2.75) is 51.1 Å². The average Bonchev–Trinajstić information content (AvgIpc) is 2.67. The lowest BCUT2D eigenvalue weighted by Gasteiger charge is -2.44. The third-order valence-electron chi connectivity index (χ3n) is 6.07. The second kappa shape index (κ2) is 8.81. The third kappa shape index (κ3) is 5.05. The number of amides is 1. The first-order valence-corrected chi connectivity index (χ1v) is 9.87. The number of carbonyl (C=O) groups is 1. The van der Waals surface area contributed by atoms with E-state index in [1.807, 2.05) is 4.90 Å². The molecule has 0 N–H and O–H groups in total. The Bertz CT molecular complexity index is 539. The molecule has 2 heterocycles. The van der Waals surface area contributed by atoms with Gasteiger partial charge in [0.15, 0.2) is 0 Å². The van der Waals surface area contributed by atoms with Gasteiger partial charge in [-0.2, -0.15) is 0 Å². The van der Waals surface area contributed by atoms with Crippen molar-refractivity contribution in [1.29, 1.82) is 0 Å². The fourth-order valence-electron chi connectivity index (χ4n) is 4.35. The molecule has 4 nitrogen and oxygen atoms in total. The summed E-state index contributed by atoms with van der Waals surface area (Å²) in [5.74, 6) is 0.232. The SMILES string of the molecule is CC(=O)N1CCC(N2CCC[C@H](N(C)CCc3ccccc3)C2)CC1. The molecule has 0 spiro atoms. The highest BCUT2D eigenvalue weighted by atomic mass is 16.2. The van der Waals surface area contributed by atoms with Crippen molar-refractivity contribution < 1.29 is 4.79 Å². The molecule has 25 heavy (non-hydrogen) atoms. The summed E-state index contributed by atoms with van der Waals surface area (Å²) in [5.41, 5.74) is 1.43. The smallest absolute Gasteiger partial charge is 0.219 e. The quantitative estimate of drug-likeness (QED) is 0.822. The Labute approximate surface area is 152 Å². The number of nitrogens with zero attached hydrogens (tertiary/aromatic N) is 3. The fraction of sp³-hybridized carbons (Fsp3) is 0.667. The maximum atomic E-state index is 11.5. The van der Waals surface area contributed by atoms with Crippen LogP contribution in [0.15, 0.2) is 30.3 Å². The monoisotopic (exact) mass is 343 g/mol. The van der Waals surface area contributed by atoms with Crippen molar-refractivity contribution in [3.63, 3.8) is 0 Å². The van der Waals surface area contributed by atoms with E-state index in [1.165, 1.54) is 31.5 Å². The van der Waals surface area contributed by atoms with Crippen LogP contribution in [0.1, 0.15) is 38.2 Å². The van der Waals surface area contributed by atoms with Crippen molar-refractivity contribution in [1.82, 2.24) is 14.7 Å². The molecule has 3 rings (SSSR count). The lowest BCUT2D eigenvalue weighted by atomic mass is 9.97. The predicted molar refractivity (Wildman–Crippen MR) is 103 cm³/mol. The largest absolute Gasteiger partial charge is 0.343 e. The second-order valence-electron chi connectivity index (χ2n) is 7.74. The van der Waals surface area contributed by atoms with Gasteiger partial charge in [0.05, 0.1) is 0 Å². The molecule has 2 aliphatic heterocycles. The zero-order valence-electron chi connectivity index (χ0n) is 15.9. The molecule has 2 saturated heterocycles. The highest BCUT2D eigenvalue weighted by Gasteiger charge is 2.30. The van der Waals surface area contributed by atoms with Gasteiger partial charge >= 0.3 is 0 Å². The normalized spacial score (nSPS) is 23.2. The molecule has 0 saturated carbocycles. The van der Waals surface area contributed by atoms with Gasteiger partial charge in [0.1, 0.15) is 0 Å². The molecule has 2 fully saturated rings. The summed E-state index contributed by atoms with van der Waals surface area (Å²) >= 11 is 0. The van der Waals surface area contributed by atoms with Crippen molar-refractivity contribution >= 4 is 5.91 Å². The van der Waals surface area contributed by atoms with Crippen LogP contribution in [0, 0.1) is 0 Å².